The average Bonchev–Trinajstić information content (AvgIpc) is 2.73. The number of nitriles is 1. The fraction of sp³-hybridized carbons (Fsp3) is 0.100. The predicted molar refractivity (Wildman–Crippen MR) is 101 cm³/mol. The van der Waals surface area contributed by atoms with Crippen molar-refractivity contribution in [2.45, 2.75) is 6.54 Å². The molecule has 7 heteroatoms. The zero-order valence-corrected chi connectivity index (χ0v) is 14.6. The minimum Gasteiger partial charge on any atom is -0.497 e. The van der Waals surface area contributed by atoms with E-state index in [4.69, 9.17) is 10.00 Å². The third kappa shape index (κ3) is 4.80. The molecule has 0 saturated carbocycles. The molecule has 0 bridgehead atoms. The highest BCUT2D eigenvalue weighted by Gasteiger charge is 2.09. The quantitative estimate of drug-likeness (QED) is 0.702. The lowest BCUT2D eigenvalue weighted by atomic mass is 10.2. The Hall–Kier alpha value is -3.92. The number of benzene rings is 2. The highest BCUT2D eigenvalue weighted by Crippen LogP contribution is 2.14. The Labute approximate surface area is 156 Å². The van der Waals surface area contributed by atoms with Crippen molar-refractivity contribution >= 4 is 17.5 Å². The highest BCUT2D eigenvalue weighted by molar-refractivity contribution is 5.92. The second kappa shape index (κ2) is 8.45. The topological polar surface area (TPSA) is 99.9 Å². The monoisotopic (exact) mass is 359 g/mol. The fourth-order valence-electron chi connectivity index (χ4n) is 2.32. The minimum absolute atomic E-state index is 0.259. The number of carbonyl (C=O) groups is 1. The van der Waals surface area contributed by atoms with Gasteiger partial charge in [0.2, 0.25) is 5.95 Å². The minimum atomic E-state index is -0.295. The van der Waals surface area contributed by atoms with E-state index in [1.165, 1.54) is 6.20 Å². The third-order valence-electron chi connectivity index (χ3n) is 3.77. The molecule has 0 saturated heterocycles. The van der Waals surface area contributed by atoms with E-state index >= 15 is 0 Å². The van der Waals surface area contributed by atoms with Crippen molar-refractivity contribution in [1.29, 1.82) is 5.26 Å². The van der Waals surface area contributed by atoms with E-state index in [9.17, 15) is 4.79 Å². The summed E-state index contributed by atoms with van der Waals surface area (Å²) in [5.74, 6) is 0.771. The van der Waals surface area contributed by atoms with Crippen LogP contribution in [0.4, 0.5) is 11.6 Å². The number of amides is 1. The molecule has 3 aromatic rings. The summed E-state index contributed by atoms with van der Waals surface area (Å²) in [5, 5.41) is 14.7. The van der Waals surface area contributed by atoms with Crippen molar-refractivity contribution in [2.24, 2.45) is 0 Å². The number of ether oxygens (including phenoxy) is 1. The second-order valence-electron chi connectivity index (χ2n) is 5.61. The molecule has 0 aliphatic heterocycles. The van der Waals surface area contributed by atoms with Gasteiger partial charge in [-0.25, -0.2) is 9.97 Å². The molecule has 0 unspecified atom stereocenters. The van der Waals surface area contributed by atoms with Crippen LogP contribution in [0.15, 0.2) is 60.8 Å². The molecule has 3 rings (SSSR count). The van der Waals surface area contributed by atoms with E-state index in [0.717, 1.165) is 17.0 Å². The maximum Gasteiger partial charge on any atom is 0.270 e. The Bertz CT molecular complexity index is 963. The Morgan fingerprint density at radius 1 is 1.11 bits per heavy atom. The van der Waals surface area contributed by atoms with E-state index in [-0.39, 0.29) is 11.6 Å². The molecule has 0 fully saturated rings. The molecule has 1 aromatic heterocycles. The lowest BCUT2D eigenvalue weighted by molar-refractivity contribution is 0.0946. The van der Waals surface area contributed by atoms with Crippen molar-refractivity contribution < 1.29 is 9.53 Å². The van der Waals surface area contributed by atoms with Gasteiger partial charge in [-0.2, -0.15) is 5.26 Å². The number of nitrogens with zero attached hydrogens (tertiary/aromatic N) is 3. The number of anilines is 2. The first-order valence-corrected chi connectivity index (χ1v) is 8.19. The molecule has 0 spiro atoms. The summed E-state index contributed by atoms with van der Waals surface area (Å²) in [6.45, 7) is 0.380. The lowest BCUT2D eigenvalue weighted by Crippen LogP contribution is -2.24. The number of hydrogen-bond acceptors (Lipinski definition) is 6. The van der Waals surface area contributed by atoms with Gasteiger partial charge in [0, 0.05) is 18.4 Å². The van der Waals surface area contributed by atoms with E-state index in [1.807, 2.05) is 24.3 Å². The summed E-state index contributed by atoms with van der Waals surface area (Å²) in [5.41, 5.74) is 2.50. The van der Waals surface area contributed by atoms with Crippen LogP contribution in [0.2, 0.25) is 0 Å². The van der Waals surface area contributed by atoms with Crippen LogP contribution in [0.5, 0.6) is 5.75 Å². The molecule has 2 N–H and O–H groups in total. The number of carbonyl (C=O) groups excluding carboxylic acids is 1. The summed E-state index contributed by atoms with van der Waals surface area (Å²) in [4.78, 5) is 20.7. The molecular formula is C20H17N5O2. The molecule has 0 aliphatic rings. The van der Waals surface area contributed by atoms with Crippen LogP contribution >= 0.6 is 0 Å². The van der Waals surface area contributed by atoms with Crippen LogP contribution in [0.25, 0.3) is 0 Å². The van der Waals surface area contributed by atoms with Gasteiger partial charge in [0.05, 0.1) is 18.7 Å². The van der Waals surface area contributed by atoms with Gasteiger partial charge in [0.25, 0.3) is 5.91 Å². The number of methoxy groups -OCH3 is 1. The standard InChI is InChI=1S/C20H17N5O2/c1-27-17-8-4-15(5-9-17)13-23-19(26)18-10-11-22-20(25-18)24-16-6-2-14(12-21)3-7-16/h2-11H,13H2,1H3,(H,23,26)(H,22,24,25). The van der Waals surface area contributed by atoms with Crippen molar-refractivity contribution in [3.63, 3.8) is 0 Å². The number of rotatable bonds is 6. The lowest BCUT2D eigenvalue weighted by Gasteiger charge is -2.08. The summed E-state index contributed by atoms with van der Waals surface area (Å²) in [7, 11) is 1.61. The molecule has 0 atom stereocenters. The van der Waals surface area contributed by atoms with Crippen molar-refractivity contribution in [1.82, 2.24) is 15.3 Å². The third-order valence-corrected chi connectivity index (χ3v) is 3.77. The largest absolute Gasteiger partial charge is 0.497 e. The van der Waals surface area contributed by atoms with E-state index in [2.05, 4.69) is 26.7 Å². The summed E-state index contributed by atoms with van der Waals surface area (Å²) < 4.78 is 5.11. The van der Waals surface area contributed by atoms with Crippen molar-refractivity contribution in [3.05, 3.63) is 77.6 Å². The zero-order chi connectivity index (χ0) is 19.1. The first-order chi connectivity index (χ1) is 13.2. The van der Waals surface area contributed by atoms with Gasteiger partial charge < -0.3 is 15.4 Å². The van der Waals surface area contributed by atoms with Gasteiger partial charge in [-0.15, -0.1) is 0 Å². The SMILES string of the molecule is COc1ccc(CNC(=O)c2ccnc(Nc3ccc(C#N)cc3)n2)cc1. The molecule has 7 nitrogen and oxygen atoms in total. The fourth-order valence-corrected chi connectivity index (χ4v) is 2.32. The van der Waals surface area contributed by atoms with Crippen molar-refractivity contribution in [2.75, 3.05) is 12.4 Å². The summed E-state index contributed by atoms with van der Waals surface area (Å²) >= 11 is 0. The molecule has 0 aliphatic carbocycles. The maximum atomic E-state index is 12.3. The average molecular weight is 359 g/mol. The molecule has 2 aromatic carbocycles. The summed E-state index contributed by atoms with van der Waals surface area (Å²) in [6.07, 6.45) is 1.52. The molecule has 1 amide bonds. The van der Waals surface area contributed by atoms with Gasteiger partial charge in [-0.1, -0.05) is 12.1 Å². The van der Waals surface area contributed by atoms with Crippen LogP contribution in [-0.4, -0.2) is 23.0 Å². The predicted octanol–water partition coefficient (Wildman–Crippen LogP) is 3.03. The number of aromatic nitrogens is 2. The number of hydrogen-bond donors (Lipinski definition) is 2. The van der Waals surface area contributed by atoms with Crippen LogP contribution < -0.4 is 15.4 Å². The molecule has 1 heterocycles. The maximum absolute atomic E-state index is 12.3. The van der Waals surface area contributed by atoms with E-state index < -0.39 is 0 Å². The smallest absolute Gasteiger partial charge is 0.270 e. The van der Waals surface area contributed by atoms with Crippen LogP contribution in [-0.2, 0) is 6.54 Å². The Balaban J connectivity index is 1.63. The number of nitrogens with one attached hydrogen (secondary N) is 2. The first kappa shape index (κ1) is 17.9. The summed E-state index contributed by atoms with van der Waals surface area (Å²) in [6, 6.07) is 17.9. The van der Waals surface area contributed by atoms with E-state index in [0.29, 0.717) is 18.1 Å². The Morgan fingerprint density at radius 2 is 1.85 bits per heavy atom. The zero-order valence-electron chi connectivity index (χ0n) is 14.6. The highest BCUT2D eigenvalue weighted by atomic mass is 16.5. The molecule has 0 radical (unpaired) electrons. The normalized spacial score (nSPS) is 9.93. The molecule has 134 valence electrons. The van der Waals surface area contributed by atoms with Crippen LogP contribution in [0.1, 0.15) is 21.6 Å². The molecule has 27 heavy (non-hydrogen) atoms. The van der Waals surface area contributed by atoms with Gasteiger partial charge >= 0.3 is 0 Å². The van der Waals surface area contributed by atoms with Crippen molar-refractivity contribution in [3.8, 4) is 11.8 Å². The van der Waals surface area contributed by atoms with Gasteiger partial charge in [0.15, 0.2) is 0 Å². The first-order valence-electron chi connectivity index (χ1n) is 8.19. The van der Waals surface area contributed by atoms with Crippen LogP contribution in [0, 0.1) is 11.3 Å². The van der Waals surface area contributed by atoms with Gasteiger partial charge in [-0.3, -0.25) is 4.79 Å². The van der Waals surface area contributed by atoms with E-state index in [1.54, 1.807) is 37.4 Å². The van der Waals surface area contributed by atoms with Gasteiger partial charge in [0.1, 0.15) is 11.4 Å². The molecular weight excluding hydrogens is 342 g/mol. The van der Waals surface area contributed by atoms with Crippen LogP contribution in [0.3, 0.4) is 0 Å². The van der Waals surface area contributed by atoms with Gasteiger partial charge in [-0.05, 0) is 48.0 Å². The second-order valence-corrected chi connectivity index (χ2v) is 5.61. The Kier molecular flexibility index (Phi) is 5.60. The Morgan fingerprint density at radius 3 is 2.52 bits per heavy atom.